The summed E-state index contributed by atoms with van der Waals surface area (Å²) in [6.07, 6.45) is 3.60. The first-order valence-electron chi connectivity index (χ1n) is 13.5. The number of nitrogens with one attached hydrogen (secondary N) is 3. The molecule has 0 aliphatic heterocycles. The zero-order valence-electron chi connectivity index (χ0n) is 24.2. The van der Waals surface area contributed by atoms with E-state index < -0.39 is 29.2 Å². The Labute approximate surface area is 253 Å². The molecule has 3 aromatic carbocycles. The van der Waals surface area contributed by atoms with E-state index >= 15 is 8.78 Å². The van der Waals surface area contributed by atoms with Gasteiger partial charge in [-0.05, 0) is 94.4 Å². The molecule has 0 unspecified atom stereocenters. The third-order valence-corrected chi connectivity index (χ3v) is 6.76. The van der Waals surface area contributed by atoms with E-state index in [9.17, 15) is 9.18 Å². The highest BCUT2D eigenvalue weighted by atomic mass is 35.5. The summed E-state index contributed by atoms with van der Waals surface area (Å²) in [4.78, 5) is 23.4. The van der Waals surface area contributed by atoms with Crippen LogP contribution in [0.1, 0.15) is 24.0 Å². The molecule has 0 spiro atoms. The van der Waals surface area contributed by atoms with E-state index in [2.05, 4.69) is 30.8 Å². The number of carbonyl (C=O) groups excluding carboxylic acids is 1. The van der Waals surface area contributed by atoms with Crippen molar-refractivity contribution in [1.29, 1.82) is 0 Å². The molecule has 12 heteroatoms. The number of nitrogens with zero attached hydrogens (tertiary/aromatic N) is 3. The number of urea groups is 1. The van der Waals surface area contributed by atoms with Crippen molar-refractivity contribution in [3.8, 4) is 22.8 Å². The third kappa shape index (κ3) is 8.14. The van der Waals surface area contributed by atoms with E-state index in [1.165, 1.54) is 19.1 Å². The maximum absolute atomic E-state index is 15.2. The van der Waals surface area contributed by atoms with Gasteiger partial charge in [-0.2, -0.15) is 4.98 Å². The van der Waals surface area contributed by atoms with Gasteiger partial charge in [0.2, 0.25) is 11.8 Å². The minimum atomic E-state index is -1.53. The quantitative estimate of drug-likeness (QED) is 0.117. The fourth-order valence-electron chi connectivity index (χ4n) is 4.34. The lowest BCUT2D eigenvalue weighted by molar-refractivity contribution is 0.262. The van der Waals surface area contributed by atoms with Crippen molar-refractivity contribution >= 4 is 35.0 Å². The molecule has 0 bridgehead atoms. The van der Waals surface area contributed by atoms with Crippen molar-refractivity contribution in [2.24, 2.45) is 0 Å². The average molecular weight is 613 g/mol. The molecule has 4 aromatic rings. The number of halogens is 4. The van der Waals surface area contributed by atoms with Crippen molar-refractivity contribution in [1.82, 2.24) is 14.9 Å². The number of amides is 2. The molecule has 2 amide bonds. The molecule has 8 nitrogen and oxygen atoms in total. The van der Waals surface area contributed by atoms with Crippen LogP contribution < -0.4 is 20.7 Å². The maximum Gasteiger partial charge on any atom is 0.323 e. The van der Waals surface area contributed by atoms with E-state index in [4.69, 9.17) is 16.3 Å². The number of hydrogen-bond acceptors (Lipinski definition) is 6. The van der Waals surface area contributed by atoms with Gasteiger partial charge in [0, 0.05) is 35.1 Å². The van der Waals surface area contributed by atoms with E-state index in [0.29, 0.717) is 28.8 Å². The molecule has 0 saturated carbocycles. The van der Waals surface area contributed by atoms with Gasteiger partial charge in [0.05, 0.1) is 0 Å². The molecule has 0 fully saturated rings. The molecule has 1 heterocycles. The summed E-state index contributed by atoms with van der Waals surface area (Å²) < 4.78 is 51.0. The van der Waals surface area contributed by atoms with E-state index in [1.807, 2.05) is 14.1 Å². The van der Waals surface area contributed by atoms with Gasteiger partial charge >= 0.3 is 6.03 Å². The molecular formula is C31H32ClF3N6O2. The monoisotopic (exact) mass is 612 g/mol. The van der Waals surface area contributed by atoms with Gasteiger partial charge in [-0.15, -0.1) is 0 Å². The SMILES string of the molecule is Cc1cc(Oc2ccnc(NCCCCN(C)C)n2)ccc1NC(=O)Nc1c(F)c(C)c(-c2cccc(Cl)c2)c(F)c1F. The van der Waals surface area contributed by atoms with Crippen LogP contribution in [0.25, 0.3) is 11.1 Å². The van der Waals surface area contributed by atoms with E-state index in [0.717, 1.165) is 25.9 Å². The Balaban J connectivity index is 1.41. The van der Waals surface area contributed by atoms with Crippen LogP contribution in [-0.4, -0.2) is 48.1 Å². The fourth-order valence-corrected chi connectivity index (χ4v) is 4.53. The summed E-state index contributed by atoms with van der Waals surface area (Å²) in [6, 6.07) is 11.5. The van der Waals surface area contributed by atoms with Crippen molar-refractivity contribution in [2.45, 2.75) is 26.7 Å². The Bertz CT molecular complexity index is 1590. The summed E-state index contributed by atoms with van der Waals surface area (Å²) in [5, 5.41) is 8.08. The summed E-state index contributed by atoms with van der Waals surface area (Å²) in [7, 11) is 4.07. The van der Waals surface area contributed by atoms with Gasteiger partial charge in [-0.1, -0.05) is 23.7 Å². The number of aromatic nitrogens is 2. The fraction of sp³-hybridized carbons (Fsp3) is 0.258. The van der Waals surface area contributed by atoms with Crippen LogP contribution >= 0.6 is 11.6 Å². The minimum Gasteiger partial charge on any atom is -0.439 e. The van der Waals surface area contributed by atoms with Crippen LogP contribution in [-0.2, 0) is 0 Å². The average Bonchev–Trinajstić information content (AvgIpc) is 2.96. The zero-order valence-corrected chi connectivity index (χ0v) is 25.0. The van der Waals surface area contributed by atoms with Crippen LogP contribution in [0.2, 0.25) is 5.02 Å². The molecule has 3 N–H and O–H groups in total. The molecule has 0 aliphatic rings. The van der Waals surface area contributed by atoms with Crippen molar-refractivity contribution in [3.05, 3.63) is 88.3 Å². The maximum atomic E-state index is 15.2. The highest BCUT2D eigenvalue weighted by Crippen LogP contribution is 2.36. The number of anilines is 3. The Kier molecular flexibility index (Phi) is 10.4. The lowest BCUT2D eigenvalue weighted by Gasteiger charge is -2.16. The van der Waals surface area contributed by atoms with Gasteiger partial charge in [-0.3, -0.25) is 0 Å². The number of unbranched alkanes of at least 4 members (excludes halogenated alkanes) is 1. The Morgan fingerprint density at radius 1 is 0.977 bits per heavy atom. The first kappa shape index (κ1) is 31.6. The highest BCUT2D eigenvalue weighted by Gasteiger charge is 2.25. The normalized spacial score (nSPS) is 11.0. The summed E-state index contributed by atoms with van der Waals surface area (Å²) in [5.41, 5.74) is -0.203. The smallest absolute Gasteiger partial charge is 0.323 e. The number of rotatable bonds is 11. The second-order valence-electron chi connectivity index (χ2n) is 10.1. The molecule has 43 heavy (non-hydrogen) atoms. The standard InChI is InChI=1S/C31H32ClF3N6O2/c1-18-16-22(43-24-12-14-37-30(39-24)36-13-5-6-15-41(3)4)10-11-23(18)38-31(42)40-29-26(33)19(2)25(27(34)28(29)35)20-8-7-9-21(32)17-20/h7-12,14,16-17H,5-6,13,15H2,1-4H3,(H,36,37,39)(H2,38,40,42). The molecule has 0 aliphatic carbocycles. The van der Waals surface area contributed by atoms with Crippen LogP contribution in [0.5, 0.6) is 11.6 Å². The predicted octanol–water partition coefficient (Wildman–Crippen LogP) is 8.02. The Hall–Kier alpha value is -4.35. The van der Waals surface area contributed by atoms with Crippen LogP contribution in [0.15, 0.2) is 54.7 Å². The zero-order chi connectivity index (χ0) is 31.1. The second kappa shape index (κ2) is 14.2. The summed E-state index contributed by atoms with van der Waals surface area (Å²) in [6.45, 7) is 4.74. The van der Waals surface area contributed by atoms with Gasteiger partial charge < -0.3 is 25.6 Å². The van der Waals surface area contributed by atoms with Gasteiger partial charge in [0.15, 0.2) is 17.5 Å². The van der Waals surface area contributed by atoms with Crippen molar-refractivity contribution in [2.75, 3.05) is 43.1 Å². The van der Waals surface area contributed by atoms with Gasteiger partial charge in [-0.25, -0.2) is 22.9 Å². The van der Waals surface area contributed by atoms with Crippen LogP contribution in [0, 0.1) is 31.3 Å². The largest absolute Gasteiger partial charge is 0.439 e. The number of aryl methyl sites for hydroxylation is 1. The first-order chi connectivity index (χ1) is 20.5. The van der Waals surface area contributed by atoms with Crippen molar-refractivity contribution in [3.63, 3.8) is 0 Å². The number of carbonyl (C=O) groups is 1. The summed E-state index contributed by atoms with van der Waals surface area (Å²) >= 11 is 5.97. The highest BCUT2D eigenvalue weighted by molar-refractivity contribution is 6.30. The minimum absolute atomic E-state index is 0.179. The molecule has 0 radical (unpaired) electrons. The van der Waals surface area contributed by atoms with E-state index in [-0.39, 0.29) is 21.7 Å². The molecule has 0 atom stereocenters. The molecule has 226 valence electrons. The lowest BCUT2D eigenvalue weighted by atomic mass is 9.98. The number of benzene rings is 3. The van der Waals surface area contributed by atoms with Crippen LogP contribution in [0.3, 0.4) is 0 Å². The van der Waals surface area contributed by atoms with Crippen molar-refractivity contribution < 1.29 is 22.7 Å². The second-order valence-corrected chi connectivity index (χ2v) is 10.6. The van der Waals surface area contributed by atoms with Gasteiger partial charge in [0.1, 0.15) is 11.4 Å². The van der Waals surface area contributed by atoms with Crippen LogP contribution in [0.4, 0.5) is 35.3 Å². The lowest BCUT2D eigenvalue weighted by Crippen LogP contribution is -2.22. The number of hydrogen-bond donors (Lipinski definition) is 3. The Morgan fingerprint density at radius 2 is 1.77 bits per heavy atom. The number of ether oxygens (including phenoxy) is 1. The van der Waals surface area contributed by atoms with Gasteiger partial charge in [0.25, 0.3) is 0 Å². The molecule has 1 aromatic heterocycles. The summed E-state index contributed by atoms with van der Waals surface area (Å²) in [5.74, 6) is -2.71. The molecule has 4 rings (SSSR count). The Morgan fingerprint density at radius 3 is 2.49 bits per heavy atom. The topological polar surface area (TPSA) is 91.4 Å². The predicted molar refractivity (Wildman–Crippen MR) is 164 cm³/mol. The molecule has 0 saturated heterocycles. The molecular weight excluding hydrogens is 581 g/mol. The van der Waals surface area contributed by atoms with E-state index in [1.54, 1.807) is 49.5 Å². The third-order valence-electron chi connectivity index (χ3n) is 6.52. The first-order valence-corrected chi connectivity index (χ1v) is 13.9.